The van der Waals surface area contributed by atoms with Gasteiger partial charge in [0.25, 0.3) is 5.56 Å². The van der Waals surface area contributed by atoms with Gasteiger partial charge in [-0.3, -0.25) is 4.79 Å². The lowest BCUT2D eigenvalue weighted by Gasteiger charge is -2.48. The van der Waals surface area contributed by atoms with Crippen molar-refractivity contribution >= 4 is 22.4 Å². The van der Waals surface area contributed by atoms with Crippen LogP contribution < -0.4 is 15.4 Å². The zero-order valence-electron chi connectivity index (χ0n) is 17.1. The van der Waals surface area contributed by atoms with Crippen LogP contribution in [0.2, 0.25) is 0 Å². The number of aromatic amines is 1. The predicted molar refractivity (Wildman–Crippen MR) is 115 cm³/mol. The number of nitrogens with zero attached hydrogens (tertiary/aromatic N) is 4. The molecule has 1 aliphatic carbocycles. The lowest BCUT2D eigenvalue weighted by molar-refractivity contribution is 0.0955. The Bertz CT molecular complexity index is 930. The minimum atomic E-state index is 0.0144. The molecule has 2 saturated heterocycles. The molecule has 0 aromatic carbocycles. The third kappa shape index (κ3) is 2.98. The molecule has 2 aromatic rings. The standard InChI is InChI=1S/C22H31N5O/c1-16-20(27-8-6-22(7-9-27)4-3-5-22)17-14-19(23-15-18(17)24-21(16)28)26-12-10-25(2)11-13-26/h14-15H,3-13H2,1-2H3,(H,24,28). The number of likely N-dealkylation sites (N-methyl/N-ethyl adjacent to an activating group) is 1. The summed E-state index contributed by atoms with van der Waals surface area (Å²) >= 11 is 0. The number of piperidine rings is 1. The lowest BCUT2D eigenvalue weighted by atomic mass is 9.63. The SMILES string of the molecule is Cc1c(N2CCC3(CCC3)CC2)c2cc(N3CCN(C)CC3)ncc2[nH]c1=O. The maximum Gasteiger partial charge on any atom is 0.253 e. The molecule has 0 unspecified atom stereocenters. The van der Waals surface area contributed by atoms with E-state index in [0.717, 1.165) is 67.2 Å². The first-order valence-electron chi connectivity index (χ1n) is 10.8. The van der Waals surface area contributed by atoms with Gasteiger partial charge in [0.15, 0.2) is 0 Å². The Morgan fingerprint density at radius 1 is 1.00 bits per heavy atom. The van der Waals surface area contributed by atoms with Crippen molar-refractivity contribution < 1.29 is 0 Å². The number of fused-ring (bicyclic) bond motifs is 1. The van der Waals surface area contributed by atoms with E-state index in [-0.39, 0.29) is 5.56 Å². The first kappa shape index (κ1) is 18.0. The number of pyridine rings is 2. The fraction of sp³-hybridized carbons (Fsp3) is 0.636. The molecular weight excluding hydrogens is 350 g/mol. The second-order valence-corrected chi connectivity index (χ2v) is 9.15. The molecule has 3 aliphatic rings. The monoisotopic (exact) mass is 381 g/mol. The normalized spacial score (nSPS) is 22.6. The van der Waals surface area contributed by atoms with Gasteiger partial charge in [-0.1, -0.05) is 6.42 Å². The quantitative estimate of drug-likeness (QED) is 0.867. The molecule has 2 aliphatic heterocycles. The van der Waals surface area contributed by atoms with Gasteiger partial charge in [-0.15, -0.1) is 0 Å². The Balaban J connectivity index is 1.52. The van der Waals surface area contributed by atoms with Crippen LogP contribution in [0.3, 0.4) is 0 Å². The lowest BCUT2D eigenvalue weighted by Crippen LogP contribution is -2.45. The summed E-state index contributed by atoms with van der Waals surface area (Å²) in [5.41, 5.74) is 3.44. The number of rotatable bonds is 2. The van der Waals surface area contributed by atoms with Crippen LogP contribution in [0.5, 0.6) is 0 Å². The zero-order valence-corrected chi connectivity index (χ0v) is 17.1. The summed E-state index contributed by atoms with van der Waals surface area (Å²) in [4.78, 5) is 27.5. The van der Waals surface area contributed by atoms with Gasteiger partial charge in [-0.05, 0) is 51.1 Å². The van der Waals surface area contributed by atoms with Gasteiger partial charge in [0.1, 0.15) is 5.82 Å². The molecule has 1 spiro atoms. The molecule has 1 saturated carbocycles. The van der Waals surface area contributed by atoms with E-state index < -0.39 is 0 Å². The van der Waals surface area contributed by atoms with E-state index in [9.17, 15) is 4.79 Å². The van der Waals surface area contributed by atoms with Gasteiger partial charge in [-0.25, -0.2) is 4.98 Å². The smallest absolute Gasteiger partial charge is 0.253 e. The number of hydrogen-bond donors (Lipinski definition) is 1. The van der Waals surface area contributed by atoms with Crippen LogP contribution in [0.1, 0.15) is 37.7 Å². The van der Waals surface area contributed by atoms with Crippen LogP contribution >= 0.6 is 0 Å². The summed E-state index contributed by atoms with van der Waals surface area (Å²) in [6.07, 6.45) is 8.56. The Hall–Kier alpha value is -2.08. The number of anilines is 2. The summed E-state index contributed by atoms with van der Waals surface area (Å²) in [5, 5.41) is 1.14. The fourth-order valence-corrected chi connectivity index (χ4v) is 5.26. The van der Waals surface area contributed by atoms with Gasteiger partial charge < -0.3 is 19.7 Å². The molecule has 4 heterocycles. The van der Waals surface area contributed by atoms with Crippen LogP contribution in [0.15, 0.2) is 17.1 Å². The van der Waals surface area contributed by atoms with Crippen LogP contribution in [-0.4, -0.2) is 61.2 Å². The second-order valence-electron chi connectivity index (χ2n) is 9.15. The van der Waals surface area contributed by atoms with E-state index in [1.165, 1.54) is 32.1 Å². The molecule has 0 atom stereocenters. The maximum absolute atomic E-state index is 12.6. The predicted octanol–water partition coefficient (Wildman–Crippen LogP) is 2.75. The third-order valence-corrected chi connectivity index (χ3v) is 7.47. The highest BCUT2D eigenvalue weighted by molar-refractivity contribution is 5.94. The van der Waals surface area contributed by atoms with Gasteiger partial charge in [0.2, 0.25) is 0 Å². The number of aromatic nitrogens is 2. The molecule has 0 amide bonds. The Kier molecular flexibility index (Phi) is 4.34. The minimum Gasteiger partial charge on any atom is -0.371 e. The van der Waals surface area contributed by atoms with E-state index >= 15 is 0 Å². The van der Waals surface area contributed by atoms with Crippen molar-refractivity contribution in [3.05, 3.63) is 28.2 Å². The van der Waals surface area contributed by atoms with Gasteiger partial charge in [0.05, 0.1) is 17.4 Å². The number of nitrogens with one attached hydrogen (secondary N) is 1. The van der Waals surface area contributed by atoms with Crippen molar-refractivity contribution in [1.82, 2.24) is 14.9 Å². The number of piperazine rings is 1. The Labute approximate surface area is 166 Å². The van der Waals surface area contributed by atoms with Crippen molar-refractivity contribution in [2.45, 2.75) is 39.0 Å². The Morgan fingerprint density at radius 2 is 1.71 bits per heavy atom. The van der Waals surface area contributed by atoms with Crippen LogP contribution in [-0.2, 0) is 0 Å². The summed E-state index contributed by atoms with van der Waals surface area (Å²) in [6.45, 7) is 8.21. The molecule has 3 fully saturated rings. The van der Waals surface area contributed by atoms with E-state index in [4.69, 9.17) is 0 Å². The molecule has 6 heteroatoms. The van der Waals surface area contributed by atoms with Crippen molar-refractivity contribution in [2.75, 3.05) is 56.1 Å². The summed E-state index contributed by atoms with van der Waals surface area (Å²) in [5.74, 6) is 1.03. The second kappa shape index (κ2) is 6.76. The Morgan fingerprint density at radius 3 is 2.36 bits per heavy atom. The first-order valence-corrected chi connectivity index (χ1v) is 10.8. The summed E-state index contributed by atoms with van der Waals surface area (Å²) < 4.78 is 0. The highest BCUT2D eigenvalue weighted by Gasteiger charge is 2.40. The average Bonchev–Trinajstić information content (AvgIpc) is 2.68. The summed E-state index contributed by atoms with van der Waals surface area (Å²) in [6, 6.07) is 2.20. The van der Waals surface area contributed by atoms with E-state index in [1.807, 2.05) is 13.1 Å². The molecular formula is C22H31N5O. The van der Waals surface area contributed by atoms with Gasteiger partial charge >= 0.3 is 0 Å². The molecule has 2 aromatic heterocycles. The van der Waals surface area contributed by atoms with Crippen molar-refractivity contribution in [2.24, 2.45) is 5.41 Å². The van der Waals surface area contributed by atoms with Crippen LogP contribution in [0.25, 0.3) is 10.9 Å². The van der Waals surface area contributed by atoms with Crippen molar-refractivity contribution in [3.8, 4) is 0 Å². The average molecular weight is 382 g/mol. The molecule has 1 N–H and O–H groups in total. The first-order chi connectivity index (χ1) is 13.5. The van der Waals surface area contributed by atoms with E-state index in [1.54, 1.807) is 0 Å². The van der Waals surface area contributed by atoms with Gasteiger partial charge in [0, 0.05) is 50.2 Å². The maximum atomic E-state index is 12.6. The molecule has 0 radical (unpaired) electrons. The number of H-pyrrole nitrogens is 1. The molecule has 28 heavy (non-hydrogen) atoms. The fourth-order valence-electron chi connectivity index (χ4n) is 5.26. The molecule has 6 nitrogen and oxygen atoms in total. The van der Waals surface area contributed by atoms with Crippen molar-refractivity contribution in [1.29, 1.82) is 0 Å². The van der Waals surface area contributed by atoms with E-state index in [2.05, 4.69) is 37.8 Å². The minimum absolute atomic E-state index is 0.0144. The molecule has 150 valence electrons. The topological polar surface area (TPSA) is 55.5 Å². The van der Waals surface area contributed by atoms with E-state index in [0.29, 0.717) is 5.41 Å². The van der Waals surface area contributed by atoms with Crippen LogP contribution in [0, 0.1) is 12.3 Å². The highest BCUT2D eigenvalue weighted by atomic mass is 16.1. The van der Waals surface area contributed by atoms with Crippen molar-refractivity contribution in [3.63, 3.8) is 0 Å². The largest absolute Gasteiger partial charge is 0.371 e. The van der Waals surface area contributed by atoms with Gasteiger partial charge in [-0.2, -0.15) is 0 Å². The van der Waals surface area contributed by atoms with Crippen LogP contribution in [0.4, 0.5) is 11.5 Å². The zero-order chi connectivity index (χ0) is 19.3. The molecule has 0 bridgehead atoms. The number of hydrogen-bond acceptors (Lipinski definition) is 5. The third-order valence-electron chi connectivity index (χ3n) is 7.47. The molecule has 5 rings (SSSR count). The highest BCUT2D eigenvalue weighted by Crippen LogP contribution is 2.49. The summed E-state index contributed by atoms with van der Waals surface area (Å²) in [7, 11) is 2.17.